The van der Waals surface area contributed by atoms with Gasteiger partial charge < -0.3 is 19.3 Å². The van der Waals surface area contributed by atoms with Crippen molar-refractivity contribution in [3.8, 4) is 0 Å². The lowest BCUT2D eigenvalue weighted by molar-refractivity contribution is -0.138. The van der Waals surface area contributed by atoms with Crippen LogP contribution in [0.3, 0.4) is 0 Å². The van der Waals surface area contributed by atoms with Gasteiger partial charge in [-0.15, -0.1) is 0 Å². The van der Waals surface area contributed by atoms with Crippen LogP contribution in [0.25, 0.3) is 0 Å². The van der Waals surface area contributed by atoms with Gasteiger partial charge in [0.15, 0.2) is 0 Å². The Morgan fingerprint density at radius 3 is 2.63 bits per heavy atom. The molecule has 1 aromatic rings. The summed E-state index contributed by atoms with van der Waals surface area (Å²) in [4.78, 5) is 26.1. The molecule has 0 radical (unpaired) electrons. The monoisotopic (exact) mass is 268 g/mol. The topological polar surface area (TPSA) is 74.0 Å². The van der Waals surface area contributed by atoms with Gasteiger partial charge in [-0.1, -0.05) is 0 Å². The van der Waals surface area contributed by atoms with Crippen LogP contribution in [-0.4, -0.2) is 46.5 Å². The molecule has 0 aliphatic rings. The molecule has 19 heavy (non-hydrogen) atoms. The minimum atomic E-state index is -0.906. The summed E-state index contributed by atoms with van der Waals surface area (Å²) in [5.74, 6) is -0.906. The number of carboxylic acids is 1. The van der Waals surface area contributed by atoms with Crippen molar-refractivity contribution in [3.05, 3.63) is 24.2 Å². The van der Waals surface area contributed by atoms with Crippen LogP contribution in [0.15, 0.2) is 23.0 Å². The Hall–Kier alpha value is -1.98. The quantitative estimate of drug-likeness (QED) is 0.856. The number of urea groups is 1. The third-order valence-electron chi connectivity index (χ3n) is 2.91. The predicted octanol–water partition coefficient (Wildman–Crippen LogP) is 2.02. The van der Waals surface area contributed by atoms with Crippen LogP contribution < -0.4 is 0 Å². The zero-order chi connectivity index (χ0) is 14.4. The molecule has 0 fully saturated rings. The van der Waals surface area contributed by atoms with Gasteiger partial charge in [0.1, 0.15) is 0 Å². The summed E-state index contributed by atoms with van der Waals surface area (Å²) in [6.07, 6.45) is 3.08. The first-order valence-corrected chi connectivity index (χ1v) is 6.20. The standard InChI is InChI=1S/C13H20N2O4/c1-4-15(10(2)7-12(16)17)13(18)14(3)8-11-5-6-19-9-11/h5-6,9-10H,4,7-8H2,1-3H3,(H,16,17). The molecule has 0 bridgehead atoms. The Labute approximate surface area is 112 Å². The summed E-state index contributed by atoms with van der Waals surface area (Å²) in [7, 11) is 1.69. The van der Waals surface area contributed by atoms with Crippen molar-refractivity contribution in [2.24, 2.45) is 0 Å². The molecule has 6 heteroatoms. The van der Waals surface area contributed by atoms with E-state index in [0.29, 0.717) is 13.1 Å². The fourth-order valence-electron chi connectivity index (χ4n) is 1.94. The Balaban J connectivity index is 2.64. The zero-order valence-corrected chi connectivity index (χ0v) is 11.5. The molecule has 0 aliphatic heterocycles. The van der Waals surface area contributed by atoms with E-state index in [4.69, 9.17) is 9.52 Å². The molecule has 0 aliphatic carbocycles. The number of carbonyl (C=O) groups excluding carboxylic acids is 1. The van der Waals surface area contributed by atoms with Gasteiger partial charge in [-0.3, -0.25) is 4.79 Å². The van der Waals surface area contributed by atoms with Crippen molar-refractivity contribution in [2.45, 2.75) is 32.9 Å². The Bertz CT molecular complexity index is 416. The second-order valence-electron chi connectivity index (χ2n) is 4.50. The largest absolute Gasteiger partial charge is 0.481 e. The summed E-state index contributed by atoms with van der Waals surface area (Å²) >= 11 is 0. The van der Waals surface area contributed by atoms with Crippen molar-refractivity contribution < 1.29 is 19.1 Å². The van der Waals surface area contributed by atoms with E-state index in [0.717, 1.165) is 5.56 Å². The fourth-order valence-corrected chi connectivity index (χ4v) is 1.94. The van der Waals surface area contributed by atoms with Crippen LogP contribution in [0, 0.1) is 0 Å². The lowest BCUT2D eigenvalue weighted by Crippen LogP contribution is -2.46. The number of carbonyl (C=O) groups is 2. The molecular weight excluding hydrogens is 248 g/mol. The van der Waals surface area contributed by atoms with E-state index in [9.17, 15) is 9.59 Å². The molecule has 1 N–H and O–H groups in total. The maximum Gasteiger partial charge on any atom is 0.320 e. The van der Waals surface area contributed by atoms with Gasteiger partial charge in [0.25, 0.3) is 0 Å². The number of hydrogen-bond acceptors (Lipinski definition) is 3. The number of nitrogens with zero attached hydrogens (tertiary/aromatic N) is 2. The highest BCUT2D eigenvalue weighted by molar-refractivity contribution is 5.75. The summed E-state index contributed by atoms with van der Waals surface area (Å²) in [5, 5.41) is 8.79. The Morgan fingerprint density at radius 1 is 1.47 bits per heavy atom. The number of amides is 2. The Kier molecular flexibility index (Phi) is 5.41. The van der Waals surface area contributed by atoms with Gasteiger partial charge in [0, 0.05) is 25.2 Å². The number of rotatable bonds is 6. The highest BCUT2D eigenvalue weighted by Gasteiger charge is 2.23. The maximum absolute atomic E-state index is 12.3. The van der Waals surface area contributed by atoms with Gasteiger partial charge >= 0.3 is 12.0 Å². The third-order valence-corrected chi connectivity index (χ3v) is 2.91. The first kappa shape index (κ1) is 15.1. The average Bonchev–Trinajstić information content (AvgIpc) is 2.81. The minimum absolute atomic E-state index is 0.0564. The minimum Gasteiger partial charge on any atom is -0.481 e. The highest BCUT2D eigenvalue weighted by atomic mass is 16.4. The number of hydrogen-bond donors (Lipinski definition) is 1. The van der Waals surface area contributed by atoms with E-state index in [1.54, 1.807) is 42.4 Å². The van der Waals surface area contributed by atoms with Gasteiger partial charge in [0.05, 0.1) is 25.5 Å². The predicted molar refractivity (Wildman–Crippen MR) is 69.7 cm³/mol. The second-order valence-corrected chi connectivity index (χ2v) is 4.50. The highest BCUT2D eigenvalue weighted by Crippen LogP contribution is 2.10. The van der Waals surface area contributed by atoms with E-state index in [2.05, 4.69) is 0 Å². The van der Waals surface area contributed by atoms with Crippen LogP contribution in [0.2, 0.25) is 0 Å². The summed E-state index contributed by atoms with van der Waals surface area (Å²) < 4.78 is 4.95. The summed E-state index contributed by atoms with van der Waals surface area (Å²) in [6.45, 7) is 4.48. The van der Waals surface area contributed by atoms with Gasteiger partial charge in [-0.05, 0) is 19.9 Å². The van der Waals surface area contributed by atoms with Gasteiger partial charge in [-0.25, -0.2) is 4.79 Å². The molecule has 0 aromatic carbocycles. The van der Waals surface area contributed by atoms with E-state index in [-0.39, 0.29) is 18.5 Å². The molecule has 1 heterocycles. The van der Waals surface area contributed by atoms with E-state index in [1.807, 2.05) is 6.92 Å². The normalized spacial score (nSPS) is 11.9. The zero-order valence-electron chi connectivity index (χ0n) is 11.5. The molecule has 1 unspecified atom stereocenters. The second kappa shape index (κ2) is 6.82. The number of furan rings is 1. The summed E-state index contributed by atoms with van der Waals surface area (Å²) in [6, 6.07) is 1.28. The molecule has 2 amide bonds. The molecule has 0 spiro atoms. The molecule has 1 atom stereocenters. The van der Waals surface area contributed by atoms with E-state index >= 15 is 0 Å². The molecule has 0 saturated heterocycles. The third kappa shape index (κ3) is 4.31. The number of carboxylic acid groups (broad SMARTS) is 1. The Morgan fingerprint density at radius 2 is 2.16 bits per heavy atom. The number of aliphatic carboxylic acids is 1. The van der Waals surface area contributed by atoms with Crippen LogP contribution in [-0.2, 0) is 11.3 Å². The lowest BCUT2D eigenvalue weighted by Gasteiger charge is -2.31. The van der Waals surface area contributed by atoms with Crippen molar-refractivity contribution in [1.29, 1.82) is 0 Å². The molecule has 6 nitrogen and oxygen atoms in total. The lowest BCUT2D eigenvalue weighted by atomic mass is 10.2. The van der Waals surface area contributed by atoms with Crippen LogP contribution >= 0.6 is 0 Å². The van der Waals surface area contributed by atoms with Crippen LogP contribution in [0.1, 0.15) is 25.8 Å². The molecule has 106 valence electrons. The van der Waals surface area contributed by atoms with E-state index in [1.165, 1.54) is 0 Å². The fraction of sp³-hybridized carbons (Fsp3) is 0.538. The van der Waals surface area contributed by atoms with Gasteiger partial charge in [0.2, 0.25) is 0 Å². The first-order chi connectivity index (χ1) is 8.95. The molecule has 0 saturated carbocycles. The van der Waals surface area contributed by atoms with Crippen molar-refractivity contribution in [1.82, 2.24) is 9.80 Å². The SMILES string of the molecule is CCN(C(=O)N(C)Cc1ccoc1)C(C)CC(=O)O. The average molecular weight is 268 g/mol. The van der Waals surface area contributed by atoms with Crippen LogP contribution in [0.5, 0.6) is 0 Å². The van der Waals surface area contributed by atoms with Crippen molar-refractivity contribution in [3.63, 3.8) is 0 Å². The molecule has 1 aromatic heterocycles. The smallest absolute Gasteiger partial charge is 0.320 e. The van der Waals surface area contributed by atoms with Gasteiger partial charge in [-0.2, -0.15) is 0 Å². The molecule has 1 rings (SSSR count). The van der Waals surface area contributed by atoms with Crippen molar-refractivity contribution in [2.75, 3.05) is 13.6 Å². The van der Waals surface area contributed by atoms with E-state index < -0.39 is 5.97 Å². The van der Waals surface area contributed by atoms with Crippen molar-refractivity contribution >= 4 is 12.0 Å². The first-order valence-electron chi connectivity index (χ1n) is 6.20. The molecular formula is C13H20N2O4. The maximum atomic E-state index is 12.3. The summed E-state index contributed by atoms with van der Waals surface area (Å²) in [5.41, 5.74) is 0.901. The van der Waals surface area contributed by atoms with Crippen LogP contribution in [0.4, 0.5) is 4.79 Å².